The van der Waals surface area contributed by atoms with Crippen molar-refractivity contribution in [3.63, 3.8) is 0 Å². The molecule has 144 valence electrons. The predicted molar refractivity (Wildman–Crippen MR) is 79.1 cm³/mol. The summed E-state index contributed by atoms with van der Waals surface area (Å²) in [5.41, 5.74) is -0.518. The summed E-state index contributed by atoms with van der Waals surface area (Å²) in [5.74, 6) is -3.14. The third-order valence-corrected chi connectivity index (χ3v) is 5.85. The van der Waals surface area contributed by atoms with Gasteiger partial charge in [-0.25, -0.2) is 0 Å². The monoisotopic (exact) mass is 368 g/mol. The Bertz CT molecular complexity index is 482. The topological polar surface area (TPSA) is 55.8 Å². The molecule has 1 atom stereocenters. The molecule has 0 aromatic rings. The lowest BCUT2D eigenvalue weighted by Gasteiger charge is -2.55. The van der Waals surface area contributed by atoms with E-state index in [1.54, 1.807) is 0 Å². The Morgan fingerprint density at radius 1 is 1.08 bits per heavy atom. The van der Waals surface area contributed by atoms with Gasteiger partial charge in [0.2, 0.25) is 0 Å². The largest absolute Gasteiger partial charge is 0.462 e. The normalized spacial score (nSPS) is 35.7. The number of carbonyl (C=O) groups excluding carboxylic acids is 1. The van der Waals surface area contributed by atoms with Crippen molar-refractivity contribution in [2.45, 2.75) is 63.6 Å². The van der Waals surface area contributed by atoms with Crippen LogP contribution in [0.3, 0.4) is 0 Å². The van der Waals surface area contributed by atoms with E-state index in [1.165, 1.54) is 0 Å². The first-order chi connectivity index (χ1) is 11.5. The molecular formula is C17H24F4O4. The SMILES string of the molecule is CC(F)(F)C(F)(F)OCC(O)COC(=O)C12CC3CC(CC(C3)C1)C2. The minimum atomic E-state index is -4.68. The number of rotatable bonds is 7. The fourth-order valence-electron chi connectivity index (χ4n) is 5.06. The third-order valence-electron chi connectivity index (χ3n) is 5.85. The zero-order valence-electron chi connectivity index (χ0n) is 14.2. The van der Waals surface area contributed by atoms with Crippen molar-refractivity contribution in [3.05, 3.63) is 0 Å². The highest BCUT2D eigenvalue weighted by Gasteiger charge is 2.56. The Morgan fingerprint density at radius 3 is 2.00 bits per heavy atom. The number of aliphatic hydroxyl groups is 1. The summed E-state index contributed by atoms with van der Waals surface area (Å²) in [4.78, 5) is 12.5. The highest BCUT2D eigenvalue weighted by molar-refractivity contribution is 5.77. The van der Waals surface area contributed by atoms with Gasteiger partial charge >= 0.3 is 18.0 Å². The predicted octanol–water partition coefficient (Wildman–Crippen LogP) is 3.37. The van der Waals surface area contributed by atoms with Gasteiger partial charge in [0, 0.05) is 6.92 Å². The lowest BCUT2D eigenvalue weighted by molar-refractivity contribution is -0.346. The standard InChI is InChI=1S/C17H24F4O4/c1-15(18,19)17(20,21)25-9-13(22)8-24-14(23)16-5-10-2-11(6-16)4-12(3-10)7-16/h10-13,22H,2-9H2,1H3. The molecular weight excluding hydrogens is 344 g/mol. The van der Waals surface area contributed by atoms with Crippen LogP contribution in [0.25, 0.3) is 0 Å². The van der Waals surface area contributed by atoms with Crippen molar-refractivity contribution < 1.29 is 36.9 Å². The first kappa shape index (κ1) is 18.9. The second-order valence-electron chi connectivity index (χ2n) is 8.17. The lowest BCUT2D eigenvalue weighted by Crippen LogP contribution is -2.51. The molecule has 1 unspecified atom stereocenters. The van der Waals surface area contributed by atoms with E-state index in [0.717, 1.165) is 38.5 Å². The number of ether oxygens (including phenoxy) is 2. The summed E-state index contributed by atoms with van der Waals surface area (Å²) in [6, 6.07) is 0. The Hall–Kier alpha value is -0.890. The van der Waals surface area contributed by atoms with E-state index < -0.39 is 42.7 Å². The molecule has 0 radical (unpaired) electrons. The van der Waals surface area contributed by atoms with Gasteiger partial charge in [0.05, 0.1) is 12.0 Å². The van der Waals surface area contributed by atoms with Gasteiger partial charge < -0.3 is 14.6 Å². The minimum absolute atomic E-state index is 0.0342. The number of alkyl halides is 4. The summed E-state index contributed by atoms with van der Waals surface area (Å²) < 4.78 is 60.2. The van der Waals surface area contributed by atoms with E-state index in [9.17, 15) is 27.5 Å². The van der Waals surface area contributed by atoms with Crippen LogP contribution in [0.5, 0.6) is 0 Å². The molecule has 4 bridgehead atoms. The van der Waals surface area contributed by atoms with E-state index in [4.69, 9.17) is 4.74 Å². The van der Waals surface area contributed by atoms with Crippen LogP contribution >= 0.6 is 0 Å². The van der Waals surface area contributed by atoms with Crippen molar-refractivity contribution >= 4 is 5.97 Å². The number of halogens is 4. The zero-order valence-corrected chi connectivity index (χ0v) is 14.2. The van der Waals surface area contributed by atoms with Crippen molar-refractivity contribution in [3.8, 4) is 0 Å². The summed E-state index contributed by atoms with van der Waals surface area (Å²) in [6.45, 7) is -1.54. The highest BCUT2D eigenvalue weighted by Crippen LogP contribution is 2.60. The first-order valence-electron chi connectivity index (χ1n) is 8.76. The maximum atomic E-state index is 13.0. The molecule has 4 fully saturated rings. The van der Waals surface area contributed by atoms with Crippen molar-refractivity contribution in [2.24, 2.45) is 23.2 Å². The summed E-state index contributed by atoms with van der Waals surface area (Å²) in [7, 11) is 0. The van der Waals surface area contributed by atoms with Crippen LogP contribution < -0.4 is 0 Å². The first-order valence-corrected chi connectivity index (χ1v) is 8.76. The molecule has 0 amide bonds. The molecule has 4 aliphatic carbocycles. The van der Waals surface area contributed by atoms with Crippen LogP contribution in [0.1, 0.15) is 45.4 Å². The Kier molecular flexibility index (Phi) is 4.81. The van der Waals surface area contributed by atoms with Crippen LogP contribution in [0.4, 0.5) is 17.6 Å². The lowest BCUT2D eigenvalue weighted by atomic mass is 9.49. The van der Waals surface area contributed by atoms with Gasteiger partial charge in [-0.1, -0.05) is 0 Å². The van der Waals surface area contributed by atoms with Gasteiger partial charge in [-0.3, -0.25) is 4.79 Å². The van der Waals surface area contributed by atoms with Gasteiger partial charge in [-0.05, 0) is 56.3 Å². The molecule has 8 heteroatoms. The second-order valence-corrected chi connectivity index (χ2v) is 8.17. The second kappa shape index (κ2) is 6.37. The molecule has 0 heterocycles. The summed E-state index contributed by atoms with van der Waals surface area (Å²) in [6.07, 6.45) is -0.445. The number of hydrogen-bond donors (Lipinski definition) is 1. The minimum Gasteiger partial charge on any atom is -0.462 e. The zero-order chi connectivity index (χ0) is 18.5. The van der Waals surface area contributed by atoms with Gasteiger partial charge in [-0.2, -0.15) is 17.6 Å². The fraction of sp³-hybridized carbons (Fsp3) is 0.941. The van der Waals surface area contributed by atoms with E-state index in [2.05, 4.69) is 4.74 Å². The smallest absolute Gasteiger partial charge is 0.419 e. The third kappa shape index (κ3) is 3.79. The number of aliphatic hydroxyl groups excluding tert-OH is 1. The van der Waals surface area contributed by atoms with E-state index in [-0.39, 0.29) is 6.92 Å². The van der Waals surface area contributed by atoms with Gasteiger partial charge in [0.15, 0.2) is 0 Å². The van der Waals surface area contributed by atoms with Crippen molar-refractivity contribution in [1.82, 2.24) is 0 Å². The van der Waals surface area contributed by atoms with Crippen LogP contribution in [-0.2, 0) is 14.3 Å². The molecule has 0 spiro atoms. The molecule has 25 heavy (non-hydrogen) atoms. The molecule has 0 aliphatic heterocycles. The van der Waals surface area contributed by atoms with E-state index in [1.807, 2.05) is 0 Å². The van der Waals surface area contributed by atoms with Gasteiger partial charge in [0.1, 0.15) is 12.7 Å². The van der Waals surface area contributed by atoms with E-state index >= 15 is 0 Å². The van der Waals surface area contributed by atoms with Crippen LogP contribution in [0.2, 0.25) is 0 Å². The quantitative estimate of drug-likeness (QED) is 0.553. The van der Waals surface area contributed by atoms with Crippen LogP contribution in [0.15, 0.2) is 0 Å². The van der Waals surface area contributed by atoms with Crippen molar-refractivity contribution in [2.75, 3.05) is 13.2 Å². The molecule has 1 N–H and O–H groups in total. The summed E-state index contributed by atoms with van der Waals surface area (Å²) in [5, 5.41) is 9.63. The highest BCUT2D eigenvalue weighted by atomic mass is 19.3. The molecule has 0 saturated heterocycles. The Balaban J connectivity index is 1.48. The molecule has 4 nitrogen and oxygen atoms in total. The molecule has 0 aromatic carbocycles. The Labute approximate surface area is 143 Å². The molecule has 4 saturated carbocycles. The van der Waals surface area contributed by atoms with Crippen LogP contribution in [0, 0.1) is 23.2 Å². The van der Waals surface area contributed by atoms with Gasteiger partial charge in [-0.15, -0.1) is 0 Å². The number of carbonyl (C=O) groups is 1. The van der Waals surface area contributed by atoms with E-state index in [0.29, 0.717) is 17.8 Å². The Morgan fingerprint density at radius 2 is 1.56 bits per heavy atom. The average molecular weight is 368 g/mol. The molecule has 0 aromatic heterocycles. The fourth-order valence-corrected chi connectivity index (χ4v) is 5.06. The molecule has 4 rings (SSSR count). The average Bonchev–Trinajstić information content (AvgIpc) is 2.48. The van der Waals surface area contributed by atoms with Crippen molar-refractivity contribution in [1.29, 1.82) is 0 Å². The summed E-state index contributed by atoms with van der Waals surface area (Å²) >= 11 is 0. The maximum absolute atomic E-state index is 13.0. The molecule has 4 aliphatic rings. The van der Waals surface area contributed by atoms with Gasteiger partial charge in [0.25, 0.3) is 0 Å². The number of hydrogen-bond acceptors (Lipinski definition) is 4. The van der Waals surface area contributed by atoms with Crippen LogP contribution in [-0.4, -0.2) is 42.4 Å². The number of esters is 1. The maximum Gasteiger partial charge on any atom is 0.419 e.